The molecule has 2 amide bonds. The molecule has 0 spiro atoms. The first-order valence-electron chi connectivity index (χ1n) is 9.19. The highest BCUT2D eigenvalue weighted by Gasteiger charge is 2.22. The number of carboxylic acid groups (broad SMARTS) is 1. The van der Waals surface area contributed by atoms with Gasteiger partial charge in [0, 0.05) is 10.0 Å². The van der Waals surface area contributed by atoms with E-state index in [1.807, 2.05) is 13.8 Å². The van der Waals surface area contributed by atoms with E-state index in [-0.39, 0.29) is 5.70 Å². The number of carbonyl (C=O) groups excluding carboxylic acids is 2. The van der Waals surface area contributed by atoms with Crippen molar-refractivity contribution in [3.63, 3.8) is 0 Å². The second-order valence-electron chi connectivity index (χ2n) is 6.58. The lowest BCUT2D eigenvalue weighted by Gasteiger charge is -2.16. The van der Waals surface area contributed by atoms with E-state index in [1.54, 1.807) is 48.5 Å². The van der Waals surface area contributed by atoms with Crippen molar-refractivity contribution in [2.45, 2.75) is 32.7 Å². The summed E-state index contributed by atoms with van der Waals surface area (Å²) in [5.74, 6) is -2.23. The first-order chi connectivity index (χ1) is 13.8. The smallest absolute Gasteiger partial charge is 0.326 e. The number of nitrogens with one attached hydrogen (secondary N) is 2. The summed E-state index contributed by atoms with van der Waals surface area (Å²) in [7, 11) is 0. The Morgan fingerprint density at radius 1 is 1.07 bits per heavy atom. The van der Waals surface area contributed by atoms with Gasteiger partial charge in [0.2, 0.25) is 0 Å². The van der Waals surface area contributed by atoms with E-state index in [1.165, 1.54) is 6.08 Å². The number of carbonyl (C=O) groups is 3. The molecular formula is C22H23BrN2O4. The summed E-state index contributed by atoms with van der Waals surface area (Å²) < 4.78 is 0.873. The van der Waals surface area contributed by atoms with Crippen molar-refractivity contribution in [1.29, 1.82) is 0 Å². The molecule has 2 aromatic rings. The van der Waals surface area contributed by atoms with Gasteiger partial charge in [-0.3, -0.25) is 9.59 Å². The van der Waals surface area contributed by atoms with Crippen molar-refractivity contribution in [3.05, 3.63) is 75.4 Å². The Balaban J connectivity index is 2.30. The molecule has 0 aromatic heterocycles. The number of hydrogen-bond donors (Lipinski definition) is 3. The van der Waals surface area contributed by atoms with E-state index in [2.05, 4.69) is 26.6 Å². The predicted octanol–water partition coefficient (Wildman–Crippen LogP) is 3.90. The van der Waals surface area contributed by atoms with E-state index in [4.69, 9.17) is 0 Å². The Kier molecular flexibility index (Phi) is 8.15. The molecule has 0 aliphatic carbocycles. The molecule has 29 heavy (non-hydrogen) atoms. The second kappa shape index (κ2) is 10.6. The van der Waals surface area contributed by atoms with Gasteiger partial charge in [-0.15, -0.1) is 0 Å². The third-order valence-corrected chi connectivity index (χ3v) is 4.70. The number of aliphatic carboxylic acids is 1. The molecule has 0 fully saturated rings. The number of aryl methyl sites for hydroxylation is 1. The van der Waals surface area contributed by atoms with Crippen LogP contribution in [0.25, 0.3) is 6.08 Å². The van der Waals surface area contributed by atoms with Crippen molar-refractivity contribution in [2.75, 3.05) is 0 Å². The molecule has 1 atom stereocenters. The zero-order valence-electron chi connectivity index (χ0n) is 16.2. The summed E-state index contributed by atoms with van der Waals surface area (Å²) in [6.07, 6.45) is 2.40. The van der Waals surface area contributed by atoms with Crippen molar-refractivity contribution in [3.8, 4) is 0 Å². The molecule has 6 nitrogen and oxygen atoms in total. The number of rotatable bonds is 8. The quantitative estimate of drug-likeness (QED) is 0.522. The van der Waals surface area contributed by atoms with Gasteiger partial charge in [-0.2, -0.15) is 0 Å². The van der Waals surface area contributed by atoms with Gasteiger partial charge >= 0.3 is 5.97 Å². The zero-order chi connectivity index (χ0) is 21.4. The average Bonchev–Trinajstić information content (AvgIpc) is 2.69. The fourth-order valence-electron chi connectivity index (χ4n) is 2.57. The third-order valence-electron chi connectivity index (χ3n) is 4.17. The molecule has 7 heteroatoms. The average molecular weight is 459 g/mol. The Labute approximate surface area is 178 Å². The monoisotopic (exact) mass is 458 g/mol. The standard InChI is InChI=1S/C22H23BrN2O4/c1-3-4-18(22(28)29)24-21(27)19(13-15-7-11-17(23)12-8-15)25-20(26)16-9-5-14(2)6-10-16/h5-13,18H,3-4H2,1-2H3,(H,24,27)(H,25,26)(H,28,29)/b19-13+. The van der Waals surface area contributed by atoms with Crippen molar-refractivity contribution in [1.82, 2.24) is 10.6 Å². The summed E-state index contributed by atoms with van der Waals surface area (Å²) in [6.45, 7) is 3.74. The lowest BCUT2D eigenvalue weighted by molar-refractivity contribution is -0.141. The maximum Gasteiger partial charge on any atom is 0.326 e. The van der Waals surface area contributed by atoms with Crippen molar-refractivity contribution < 1.29 is 19.5 Å². The fraction of sp³-hybridized carbons (Fsp3) is 0.227. The first kappa shape index (κ1) is 22.4. The third kappa shape index (κ3) is 6.87. The highest BCUT2D eigenvalue weighted by atomic mass is 79.9. The Bertz CT molecular complexity index is 905. The second-order valence-corrected chi connectivity index (χ2v) is 7.50. The molecule has 3 N–H and O–H groups in total. The van der Waals surface area contributed by atoms with Crippen LogP contribution in [0.2, 0.25) is 0 Å². The molecule has 152 valence electrons. The Morgan fingerprint density at radius 3 is 2.24 bits per heavy atom. The predicted molar refractivity (Wildman–Crippen MR) is 115 cm³/mol. The number of hydrogen-bond acceptors (Lipinski definition) is 3. The molecular weight excluding hydrogens is 436 g/mol. The lowest BCUT2D eigenvalue weighted by Crippen LogP contribution is -2.44. The molecule has 2 aromatic carbocycles. The van der Waals surface area contributed by atoms with Crippen LogP contribution in [-0.2, 0) is 9.59 Å². The van der Waals surface area contributed by atoms with Crippen LogP contribution in [0, 0.1) is 6.92 Å². The zero-order valence-corrected chi connectivity index (χ0v) is 17.8. The van der Waals surface area contributed by atoms with Crippen LogP contribution < -0.4 is 10.6 Å². The summed E-state index contributed by atoms with van der Waals surface area (Å²) in [4.78, 5) is 36.8. The summed E-state index contributed by atoms with van der Waals surface area (Å²) in [5, 5.41) is 14.4. The van der Waals surface area contributed by atoms with Crippen LogP contribution in [0.15, 0.2) is 58.7 Å². The Morgan fingerprint density at radius 2 is 1.69 bits per heavy atom. The van der Waals surface area contributed by atoms with Crippen molar-refractivity contribution in [2.24, 2.45) is 0 Å². The molecule has 0 heterocycles. The molecule has 0 aliphatic heterocycles. The molecule has 0 bridgehead atoms. The highest BCUT2D eigenvalue weighted by Crippen LogP contribution is 2.14. The normalized spacial score (nSPS) is 12.2. The van der Waals surface area contributed by atoms with Crippen LogP contribution in [0.5, 0.6) is 0 Å². The van der Waals surface area contributed by atoms with Crippen LogP contribution in [-0.4, -0.2) is 28.9 Å². The topological polar surface area (TPSA) is 95.5 Å². The minimum absolute atomic E-state index is 0.0275. The minimum Gasteiger partial charge on any atom is -0.480 e. The van der Waals surface area contributed by atoms with E-state index in [0.29, 0.717) is 24.0 Å². The van der Waals surface area contributed by atoms with Gasteiger partial charge in [0.25, 0.3) is 11.8 Å². The van der Waals surface area contributed by atoms with Crippen LogP contribution >= 0.6 is 15.9 Å². The first-order valence-corrected chi connectivity index (χ1v) is 9.98. The molecule has 2 rings (SSSR count). The van der Waals surface area contributed by atoms with Gasteiger partial charge in [-0.25, -0.2) is 4.79 Å². The largest absolute Gasteiger partial charge is 0.480 e. The molecule has 0 saturated carbocycles. The van der Waals surface area contributed by atoms with Crippen molar-refractivity contribution >= 4 is 39.8 Å². The summed E-state index contributed by atoms with van der Waals surface area (Å²) in [6, 6.07) is 13.1. The van der Waals surface area contributed by atoms with Crippen LogP contribution in [0.4, 0.5) is 0 Å². The van der Waals surface area contributed by atoms with Crippen LogP contribution in [0.3, 0.4) is 0 Å². The number of benzene rings is 2. The van der Waals surface area contributed by atoms with Crippen LogP contribution in [0.1, 0.15) is 41.3 Å². The van der Waals surface area contributed by atoms with Gasteiger partial charge in [0.05, 0.1) is 0 Å². The van der Waals surface area contributed by atoms with E-state index in [0.717, 1.165) is 10.0 Å². The van der Waals surface area contributed by atoms with Gasteiger partial charge in [0.1, 0.15) is 11.7 Å². The van der Waals surface area contributed by atoms with Gasteiger partial charge < -0.3 is 15.7 Å². The summed E-state index contributed by atoms with van der Waals surface area (Å²) in [5.41, 5.74) is 2.06. The van der Waals surface area contributed by atoms with Gasteiger partial charge in [0.15, 0.2) is 0 Å². The molecule has 1 unspecified atom stereocenters. The van der Waals surface area contributed by atoms with E-state index < -0.39 is 23.8 Å². The maximum absolute atomic E-state index is 12.8. The van der Waals surface area contributed by atoms with Gasteiger partial charge in [-0.05, 0) is 49.2 Å². The maximum atomic E-state index is 12.8. The fourth-order valence-corrected chi connectivity index (χ4v) is 2.83. The van der Waals surface area contributed by atoms with E-state index >= 15 is 0 Å². The molecule has 0 aliphatic rings. The Hall–Kier alpha value is -2.93. The number of carboxylic acids is 1. The summed E-state index contributed by atoms with van der Waals surface area (Å²) >= 11 is 3.35. The number of halogens is 1. The highest BCUT2D eigenvalue weighted by molar-refractivity contribution is 9.10. The molecule has 0 saturated heterocycles. The van der Waals surface area contributed by atoms with E-state index in [9.17, 15) is 19.5 Å². The van der Waals surface area contributed by atoms with Gasteiger partial charge in [-0.1, -0.05) is 59.1 Å². The number of amides is 2. The minimum atomic E-state index is -1.12. The SMILES string of the molecule is CCCC(NC(=O)/C(=C\c1ccc(Br)cc1)NC(=O)c1ccc(C)cc1)C(=O)O. The lowest BCUT2D eigenvalue weighted by atomic mass is 10.1. The molecule has 0 radical (unpaired) electrons.